The van der Waals surface area contributed by atoms with Gasteiger partial charge in [0.2, 0.25) is 0 Å². The van der Waals surface area contributed by atoms with Crippen LogP contribution in [0, 0.1) is 5.41 Å². The summed E-state index contributed by atoms with van der Waals surface area (Å²) in [6, 6.07) is 0. The van der Waals surface area contributed by atoms with E-state index < -0.39 is 0 Å². The van der Waals surface area contributed by atoms with E-state index in [1.807, 2.05) is 6.92 Å². The highest BCUT2D eigenvalue weighted by molar-refractivity contribution is 9.18. The van der Waals surface area contributed by atoms with E-state index in [-0.39, 0.29) is 0 Å². The molecule has 0 aromatic rings. The molecule has 2 heteroatoms. The molecular formula is C4H6BrN. The molecule has 0 amide bonds. The summed E-state index contributed by atoms with van der Waals surface area (Å²) >= 11 is 2.93. The Labute approximate surface area is 45.7 Å². The van der Waals surface area contributed by atoms with E-state index in [4.69, 9.17) is 5.41 Å². The maximum absolute atomic E-state index is 6.72. The summed E-state index contributed by atoms with van der Waals surface area (Å²) in [4.78, 5) is 0. The van der Waals surface area contributed by atoms with Crippen molar-refractivity contribution < 1.29 is 0 Å². The summed E-state index contributed by atoms with van der Waals surface area (Å²) in [6.45, 7) is 1.87. The van der Waals surface area contributed by atoms with Crippen molar-refractivity contribution in [1.29, 1.82) is 5.41 Å². The Kier molecular flexibility index (Phi) is 3.04. The summed E-state index contributed by atoms with van der Waals surface area (Å²) in [6.07, 6.45) is 3.47. The Bertz CT molecular complexity index is 75.6. The Balaban J connectivity index is 3.30. The predicted octanol–water partition coefficient (Wildman–Crippen LogP) is 1.93. The van der Waals surface area contributed by atoms with Crippen LogP contribution in [0.15, 0.2) is 12.2 Å². The van der Waals surface area contributed by atoms with Gasteiger partial charge in [0.1, 0.15) is 0 Å². The smallest absolute Gasteiger partial charge is 0.0963 e. The highest BCUT2D eigenvalue weighted by Crippen LogP contribution is 1.84. The van der Waals surface area contributed by atoms with Crippen molar-refractivity contribution >= 4 is 20.6 Å². The fraction of sp³-hybridized carbons (Fsp3) is 0.250. The minimum absolute atomic E-state index is 0.421. The molecule has 0 aromatic carbocycles. The SMILES string of the molecule is C/C=C/C(=N)Br. The first-order chi connectivity index (χ1) is 2.77. The van der Waals surface area contributed by atoms with E-state index in [9.17, 15) is 0 Å². The van der Waals surface area contributed by atoms with E-state index in [1.165, 1.54) is 0 Å². The summed E-state index contributed by atoms with van der Waals surface area (Å²) in [5.74, 6) is 0. The van der Waals surface area contributed by atoms with Crippen molar-refractivity contribution in [1.82, 2.24) is 0 Å². The Morgan fingerprint density at radius 2 is 2.33 bits per heavy atom. The first-order valence-corrected chi connectivity index (χ1v) is 2.43. The summed E-state index contributed by atoms with van der Waals surface area (Å²) in [5, 5.41) is 6.72. The van der Waals surface area contributed by atoms with Gasteiger partial charge in [0.25, 0.3) is 0 Å². The third-order valence-corrected chi connectivity index (χ3v) is 0.577. The van der Waals surface area contributed by atoms with Crippen LogP contribution in [-0.4, -0.2) is 4.62 Å². The molecule has 0 saturated carbocycles. The lowest BCUT2D eigenvalue weighted by Crippen LogP contribution is -1.66. The fourth-order valence-corrected chi connectivity index (χ4v) is 0.411. The molecule has 1 nitrogen and oxygen atoms in total. The van der Waals surface area contributed by atoms with Gasteiger partial charge in [0.05, 0.1) is 4.62 Å². The molecule has 1 N–H and O–H groups in total. The highest BCUT2D eigenvalue weighted by atomic mass is 79.9. The number of halogens is 1. The molecule has 0 radical (unpaired) electrons. The van der Waals surface area contributed by atoms with Crippen molar-refractivity contribution in [2.75, 3.05) is 0 Å². The number of nitrogens with one attached hydrogen (secondary N) is 1. The normalized spacial score (nSPS) is 9.67. The van der Waals surface area contributed by atoms with Crippen LogP contribution in [0.3, 0.4) is 0 Å². The van der Waals surface area contributed by atoms with Crippen LogP contribution in [0.25, 0.3) is 0 Å². The first kappa shape index (κ1) is 5.89. The van der Waals surface area contributed by atoms with E-state index >= 15 is 0 Å². The van der Waals surface area contributed by atoms with E-state index in [0.29, 0.717) is 4.62 Å². The topological polar surface area (TPSA) is 23.9 Å². The molecule has 0 aliphatic heterocycles. The van der Waals surface area contributed by atoms with Gasteiger partial charge in [-0.3, -0.25) is 5.41 Å². The van der Waals surface area contributed by atoms with Crippen LogP contribution in [0.1, 0.15) is 6.92 Å². The van der Waals surface area contributed by atoms with Gasteiger partial charge in [-0.05, 0) is 28.9 Å². The Morgan fingerprint density at radius 1 is 1.83 bits per heavy atom. The number of hydrogen-bond acceptors (Lipinski definition) is 1. The van der Waals surface area contributed by atoms with Crippen LogP contribution in [0.4, 0.5) is 0 Å². The second-order valence-electron chi connectivity index (χ2n) is 0.848. The molecule has 0 rings (SSSR count). The molecule has 0 saturated heterocycles. The van der Waals surface area contributed by atoms with Gasteiger partial charge < -0.3 is 0 Å². The lowest BCUT2D eigenvalue weighted by atomic mass is 10.6. The Morgan fingerprint density at radius 3 is 2.33 bits per heavy atom. The second-order valence-corrected chi connectivity index (χ2v) is 1.70. The van der Waals surface area contributed by atoms with Gasteiger partial charge in [-0.1, -0.05) is 6.08 Å². The third kappa shape index (κ3) is 3.89. The molecule has 0 unspecified atom stereocenters. The van der Waals surface area contributed by atoms with Crippen molar-refractivity contribution in [2.45, 2.75) is 6.92 Å². The lowest BCUT2D eigenvalue weighted by molar-refractivity contribution is 1.56. The molecule has 0 fully saturated rings. The standard InChI is InChI=1S/C4H6BrN/c1-2-3-4(5)6/h2-3,6H,1H3/b3-2+,6-4?. The van der Waals surface area contributed by atoms with Crippen LogP contribution < -0.4 is 0 Å². The monoisotopic (exact) mass is 147 g/mol. The van der Waals surface area contributed by atoms with Crippen molar-refractivity contribution in [2.24, 2.45) is 0 Å². The number of hydrogen-bond donors (Lipinski definition) is 1. The molecule has 0 bridgehead atoms. The highest BCUT2D eigenvalue weighted by Gasteiger charge is 1.69. The minimum Gasteiger partial charge on any atom is -0.293 e. The van der Waals surface area contributed by atoms with Crippen LogP contribution in [0.2, 0.25) is 0 Å². The van der Waals surface area contributed by atoms with Gasteiger partial charge in [-0.2, -0.15) is 0 Å². The maximum Gasteiger partial charge on any atom is 0.0963 e. The predicted molar refractivity (Wildman–Crippen MR) is 31.5 cm³/mol. The fourth-order valence-electron chi connectivity index (χ4n) is 0.146. The summed E-state index contributed by atoms with van der Waals surface area (Å²) < 4.78 is 0.421. The minimum atomic E-state index is 0.421. The first-order valence-electron chi connectivity index (χ1n) is 1.64. The summed E-state index contributed by atoms with van der Waals surface area (Å²) in [5.41, 5.74) is 0. The van der Waals surface area contributed by atoms with Gasteiger partial charge in [-0.25, -0.2) is 0 Å². The Hall–Kier alpha value is -0.110. The van der Waals surface area contributed by atoms with E-state index in [1.54, 1.807) is 12.2 Å². The molecule has 0 aliphatic rings. The zero-order chi connectivity index (χ0) is 4.99. The summed E-state index contributed by atoms with van der Waals surface area (Å²) in [7, 11) is 0. The number of rotatable bonds is 1. The van der Waals surface area contributed by atoms with Crippen molar-refractivity contribution in [3.63, 3.8) is 0 Å². The van der Waals surface area contributed by atoms with Gasteiger partial charge in [-0.15, -0.1) is 0 Å². The van der Waals surface area contributed by atoms with E-state index in [2.05, 4.69) is 15.9 Å². The lowest BCUT2D eigenvalue weighted by Gasteiger charge is -1.70. The maximum atomic E-state index is 6.72. The number of allylic oxidation sites excluding steroid dienone is 2. The second kappa shape index (κ2) is 3.09. The van der Waals surface area contributed by atoms with Crippen LogP contribution in [-0.2, 0) is 0 Å². The third-order valence-electron chi connectivity index (χ3n) is 0.313. The van der Waals surface area contributed by atoms with Gasteiger partial charge >= 0.3 is 0 Å². The molecule has 0 aliphatic carbocycles. The average molecular weight is 148 g/mol. The van der Waals surface area contributed by atoms with Crippen molar-refractivity contribution in [3.05, 3.63) is 12.2 Å². The molecular weight excluding hydrogens is 142 g/mol. The van der Waals surface area contributed by atoms with Gasteiger partial charge in [0, 0.05) is 0 Å². The van der Waals surface area contributed by atoms with Crippen LogP contribution in [0.5, 0.6) is 0 Å². The molecule has 0 heterocycles. The van der Waals surface area contributed by atoms with Crippen molar-refractivity contribution in [3.8, 4) is 0 Å². The molecule has 6 heavy (non-hydrogen) atoms. The largest absolute Gasteiger partial charge is 0.293 e. The molecule has 34 valence electrons. The quantitative estimate of drug-likeness (QED) is 0.549. The molecule has 0 spiro atoms. The zero-order valence-electron chi connectivity index (χ0n) is 3.53. The molecule has 0 atom stereocenters. The molecule has 0 aromatic heterocycles. The average Bonchev–Trinajstić information content (AvgIpc) is 1.35. The van der Waals surface area contributed by atoms with Gasteiger partial charge in [0.15, 0.2) is 0 Å². The zero-order valence-corrected chi connectivity index (χ0v) is 5.12. The van der Waals surface area contributed by atoms with Crippen LogP contribution >= 0.6 is 15.9 Å². The van der Waals surface area contributed by atoms with E-state index in [0.717, 1.165) is 0 Å².